The van der Waals surface area contributed by atoms with Crippen molar-refractivity contribution in [2.24, 2.45) is 0 Å². The molecule has 2 aromatic rings. The van der Waals surface area contributed by atoms with Gasteiger partial charge in [-0.2, -0.15) is 4.31 Å². The van der Waals surface area contributed by atoms with E-state index in [-0.39, 0.29) is 40.0 Å². The SMILES string of the molecule is CCS(=O)(=O)Nc1ccc(Cl)cc1C(=O)Nc1ccc(S(=O)(=O)N2CCOCC2)cc1. The van der Waals surface area contributed by atoms with Gasteiger partial charge in [0.25, 0.3) is 5.91 Å². The molecule has 0 atom stereocenters. The molecule has 1 fully saturated rings. The minimum absolute atomic E-state index is 0.0366. The fourth-order valence-electron chi connectivity index (χ4n) is 2.88. The smallest absolute Gasteiger partial charge is 0.257 e. The average Bonchev–Trinajstić information content (AvgIpc) is 2.76. The van der Waals surface area contributed by atoms with Crippen molar-refractivity contribution in [1.29, 1.82) is 0 Å². The molecule has 0 radical (unpaired) electrons. The molecular formula is C19H22ClN3O6S2. The van der Waals surface area contributed by atoms with Crippen molar-refractivity contribution >= 4 is 48.9 Å². The van der Waals surface area contributed by atoms with Crippen molar-refractivity contribution in [3.8, 4) is 0 Å². The molecule has 0 unspecified atom stereocenters. The number of carbonyl (C=O) groups is 1. The minimum atomic E-state index is -3.65. The average molecular weight is 488 g/mol. The van der Waals surface area contributed by atoms with Gasteiger partial charge in [0.1, 0.15) is 0 Å². The number of rotatable bonds is 7. The van der Waals surface area contributed by atoms with Crippen LogP contribution in [0.3, 0.4) is 0 Å². The summed E-state index contributed by atoms with van der Waals surface area (Å²) in [6.07, 6.45) is 0. The summed E-state index contributed by atoms with van der Waals surface area (Å²) >= 11 is 5.98. The summed E-state index contributed by atoms with van der Waals surface area (Å²) in [6.45, 7) is 2.73. The Bertz CT molecular complexity index is 1160. The van der Waals surface area contributed by atoms with Crippen LogP contribution < -0.4 is 10.0 Å². The van der Waals surface area contributed by atoms with Crippen LogP contribution in [0, 0.1) is 0 Å². The van der Waals surface area contributed by atoms with Gasteiger partial charge in [0.2, 0.25) is 20.0 Å². The number of ether oxygens (including phenoxy) is 1. The summed E-state index contributed by atoms with van der Waals surface area (Å²) in [7, 11) is -7.25. The van der Waals surface area contributed by atoms with Crippen molar-refractivity contribution in [3.63, 3.8) is 0 Å². The van der Waals surface area contributed by atoms with Crippen LogP contribution in [0.5, 0.6) is 0 Å². The lowest BCUT2D eigenvalue weighted by molar-refractivity contribution is 0.0730. The Morgan fingerprint density at radius 1 is 1.06 bits per heavy atom. The maximum absolute atomic E-state index is 12.7. The van der Waals surface area contributed by atoms with Gasteiger partial charge in [-0.3, -0.25) is 9.52 Å². The number of nitrogens with zero attached hydrogens (tertiary/aromatic N) is 1. The molecule has 0 spiro atoms. The standard InChI is InChI=1S/C19H22ClN3O6S2/c1-2-30(25,26)22-18-8-3-14(20)13-17(18)19(24)21-15-4-6-16(7-5-15)31(27,28)23-9-11-29-12-10-23/h3-8,13,22H,2,9-12H2,1H3,(H,21,24). The highest BCUT2D eigenvalue weighted by Gasteiger charge is 2.26. The highest BCUT2D eigenvalue weighted by molar-refractivity contribution is 7.92. The zero-order valence-electron chi connectivity index (χ0n) is 16.7. The summed E-state index contributed by atoms with van der Waals surface area (Å²) in [5.74, 6) is -0.754. The Kier molecular flexibility index (Phi) is 7.22. The number of nitrogens with one attached hydrogen (secondary N) is 2. The molecule has 1 amide bonds. The Morgan fingerprint density at radius 2 is 1.71 bits per heavy atom. The molecule has 0 saturated carbocycles. The predicted octanol–water partition coefficient (Wildman–Crippen LogP) is 2.37. The van der Waals surface area contributed by atoms with Crippen LogP contribution in [0.25, 0.3) is 0 Å². The fraction of sp³-hybridized carbons (Fsp3) is 0.316. The van der Waals surface area contributed by atoms with Gasteiger partial charge in [0.05, 0.1) is 35.1 Å². The largest absolute Gasteiger partial charge is 0.379 e. The summed E-state index contributed by atoms with van der Waals surface area (Å²) in [6, 6.07) is 9.96. The van der Waals surface area contributed by atoms with Crippen molar-refractivity contribution in [3.05, 3.63) is 53.1 Å². The van der Waals surface area contributed by atoms with Gasteiger partial charge in [-0.05, 0) is 49.4 Å². The van der Waals surface area contributed by atoms with Gasteiger partial charge in [0.15, 0.2) is 0 Å². The van der Waals surface area contributed by atoms with Gasteiger partial charge in [-0.1, -0.05) is 11.6 Å². The van der Waals surface area contributed by atoms with Crippen molar-refractivity contribution in [1.82, 2.24) is 4.31 Å². The van der Waals surface area contributed by atoms with Crippen LogP contribution in [-0.4, -0.2) is 59.1 Å². The number of halogens is 1. The third-order valence-electron chi connectivity index (χ3n) is 4.59. The number of carbonyl (C=O) groups excluding carboxylic acids is 1. The van der Waals surface area contributed by atoms with Crippen molar-refractivity contribution < 1.29 is 26.4 Å². The monoisotopic (exact) mass is 487 g/mol. The molecule has 0 aromatic heterocycles. The molecule has 2 N–H and O–H groups in total. The maximum atomic E-state index is 12.7. The van der Waals surface area contributed by atoms with Crippen molar-refractivity contribution in [2.45, 2.75) is 11.8 Å². The molecule has 12 heteroatoms. The predicted molar refractivity (Wildman–Crippen MR) is 119 cm³/mol. The van der Waals surface area contributed by atoms with E-state index < -0.39 is 26.0 Å². The topological polar surface area (TPSA) is 122 Å². The second-order valence-electron chi connectivity index (χ2n) is 6.69. The van der Waals surface area contributed by atoms with E-state index in [1.54, 1.807) is 0 Å². The molecule has 9 nitrogen and oxygen atoms in total. The third-order valence-corrected chi connectivity index (χ3v) is 8.03. The van der Waals surface area contributed by atoms with Crippen molar-refractivity contribution in [2.75, 3.05) is 42.1 Å². The molecule has 1 aliphatic rings. The number of anilines is 2. The third kappa shape index (κ3) is 5.74. The molecular weight excluding hydrogens is 466 g/mol. The summed E-state index contributed by atoms with van der Waals surface area (Å²) in [5.41, 5.74) is 0.472. The highest BCUT2D eigenvalue weighted by atomic mass is 35.5. The molecule has 1 heterocycles. The number of sulfonamides is 2. The van der Waals surface area contributed by atoms with Crippen LogP contribution in [0.2, 0.25) is 5.02 Å². The number of morpholine rings is 1. The first kappa shape index (κ1) is 23.5. The summed E-state index contributed by atoms with van der Waals surface area (Å²) < 4.78 is 58.1. The van der Waals surface area contributed by atoms with E-state index in [1.807, 2.05) is 0 Å². The maximum Gasteiger partial charge on any atom is 0.257 e. The van der Waals surface area contributed by atoms with E-state index in [1.165, 1.54) is 53.7 Å². The molecule has 3 rings (SSSR count). The first-order valence-corrected chi connectivity index (χ1v) is 12.9. The first-order valence-electron chi connectivity index (χ1n) is 9.42. The fourth-order valence-corrected chi connectivity index (χ4v) is 5.12. The Labute approximate surface area is 186 Å². The lowest BCUT2D eigenvalue weighted by Gasteiger charge is -2.26. The Balaban J connectivity index is 1.79. The highest BCUT2D eigenvalue weighted by Crippen LogP contribution is 2.24. The van der Waals surface area contributed by atoms with Crippen LogP contribution >= 0.6 is 11.6 Å². The molecule has 31 heavy (non-hydrogen) atoms. The first-order chi connectivity index (χ1) is 14.6. The number of amides is 1. The van der Waals surface area contributed by atoms with Gasteiger partial charge in [0, 0.05) is 23.8 Å². The van der Waals surface area contributed by atoms with E-state index in [9.17, 15) is 21.6 Å². The van der Waals surface area contributed by atoms with E-state index >= 15 is 0 Å². The van der Waals surface area contributed by atoms with Crippen LogP contribution in [0.4, 0.5) is 11.4 Å². The Morgan fingerprint density at radius 3 is 2.32 bits per heavy atom. The number of hydrogen-bond donors (Lipinski definition) is 2. The van der Waals surface area contributed by atoms with Crippen LogP contribution in [-0.2, 0) is 24.8 Å². The molecule has 168 valence electrons. The second-order valence-corrected chi connectivity index (χ2v) is 11.1. The summed E-state index contributed by atoms with van der Waals surface area (Å²) in [5, 5.41) is 2.89. The molecule has 0 bridgehead atoms. The zero-order chi connectivity index (χ0) is 22.6. The van der Waals surface area contributed by atoms with E-state index in [0.29, 0.717) is 18.9 Å². The molecule has 1 aliphatic heterocycles. The van der Waals surface area contributed by atoms with E-state index in [2.05, 4.69) is 10.0 Å². The van der Waals surface area contributed by atoms with E-state index in [0.717, 1.165) is 0 Å². The van der Waals surface area contributed by atoms with Crippen LogP contribution in [0.15, 0.2) is 47.4 Å². The van der Waals surface area contributed by atoms with E-state index in [4.69, 9.17) is 16.3 Å². The number of benzene rings is 2. The second kappa shape index (κ2) is 9.53. The lowest BCUT2D eigenvalue weighted by atomic mass is 10.1. The van der Waals surface area contributed by atoms with Gasteiger partial charge in [-0.25, -0.2) is 16.8 Å². The molecule has 1 saturated heterocycles. The molecule has 0 aliphatic carbocycles. The molecule has 2 aromatic carbocycles. The van der Waals surface area contributed by atoms with Gasteiger partial charge >= 0.3 is 0 Å². The van der Waals surface area contributed by atoms with Gasteiger partial charge in [-0.15, -0.1) is 0 Å². The number of hydrogen-bond acceptors (Lipinski definition) is 6. The lowest BCUT2D eigenvalue weighted by Crippen LogP contribution is -2.40. The zero-order valence-corrected chi connectivity index (χ0v) is 19.1. The Hall–Kier alpha value is -2.18. The summed E-state index contributed by atoms with van der Waals surface area (Å²) in [4.78, 5) is 12.8. The minimum Gasteiger partial charge on any atom is -0.379 e. The van der Waals surface area contributed by atoms with Gasteiger partial charge < -0.3 is 10.1 Å². The normalized spacial score (nSPS) is 15.4. The quantitative estimate of drug-likeness (QED) is 0.618. The van der Waals surface area contributed by atoms with Crippen LogP contribution in [0.1, 0.15) is 17.3 Å².